The van der Waals surface area contributed by atoms with E-state index in [2.05, 4.69) is 4.72 Å². The third-order valence-electron chi connectivity index (χ3n) is 3.51. The van der Waals surface area contributed by atoms with Crippen LogP contribution in [0.15, 0.2) is 59.5 Å². The second-order valence-electron chi connectivity index (χ2n) is 5.45. The number of aryl methyl sites for hydroxylation is 1. The quantitative estimate of drug-likeness (QED) is 0.806. The third-order valence-corrected chi connectivity index (χ3v) is 5.12. The molecule has 0 unspecified atom stereocenters. The summed E-state index contributed by atoms with van der Waals surface area (Å²) in [5.74, 6) is 0.670. The van der Waals surface area contributed by atoms with E-state index in [9.17, 15) is 8.42 Å². The molecule has 4 nitrogen and oxygen atoms in total. The maximum Gasteiger partial charge on any atom is 0.240 e. The molecule has 0 bridgehead atoms. The van der Waals surface area contributed by atoms with Crippen molar-refractivity contribution in [3.8, 4) is 5.75 Å². The average Bonchev–Trinajstić information content (AvgIpc) is 2.54. The van der Waals surface area contributed by atoms with E-state index in [1.807, 2.05) is 44.2 Å². The lowest BCUT2D eigenvalue weighted by molar-refractivity contribution is 0.340. The fourth-order valence-corrected chi connectivity index (χ4v) is 3.58. The van der Waals surface area contributed by atoms with Crippen LogP contribution in [0.3, 0.4) is 0 Å². The maximum atomic E-state index is 12.4. The summed E-state index contributed by atoms with van der Waals surface area (Å²) in [6.45, 7) is 4.33. The molecule has 1 N–H and O–H groups in total. The fraction of sp³-hybridized carbons (Fsp3) is 0.333. The van der Waals surface area contributed by atoms with E-state index >= 15 is 0 Å². The highest BCUT2D eigenvalue weighted by Crippen LogP contribution is 2.16. The molecule has 0 aliphatic heterocycles. The van der Waals surface area contributed by atoms with Crippen LogP contribution in [0, 0.1) is 0 Å². The van der Waals surface area contributed by atoms with Crippen molar-refractivity contribution in [1.82, 2.24) is 4.72 Å². The first-order chi connectivity index (χ1) is 11.0. The van der Waals surface area contributed by atoms with E-state index in [4.69, 9.17) is 4.74 Å². The fourth-order valence-electron chi connectivity index (χ4n) is 2.30. The van der Waals surface area contributed by atoms with Gasteiger partial charge in [-0.05, 0) is 56.5 Å². The Balaban J connectivity index is 1.94. The van der Waals surface area contributed by atoms with Crippen molar-refractivity contribution in [1.29, 1.82) is 0 Å². The van der Waals surface area contributed by atoms with Crippen molar-refractivity contribution >= 4 is 10.0 Å². The highest BCUT2D eigenvalue weighted by atomic mass is 32.2. The normalized spacial score (nSPS) is 12.8. The van der Waals surface area contributed by atoms with Crippen molar-refractivity contribution < 1.29 is 13.2 Å². The molecule has 1 atom stereocenters. The van der Waals surface area contributed by atoms with Crippen LogP contribution in [0.25, 0.3) is 0 Å². The third kappa shape index (κ3) is 5.37. The Labute approximate surface area is 138 Å². The lowest BCUT2D eigenvalue weighted by Gasteiger charge is -2.14. The van der Waals surface area contributed by atoms with E-state index in [0.29, 0.717) is 12.4 Å². The number of sulfonamides is 1. The second-order valence-corrected chi connectivity index (χ2v) is 7.17. The van der Waals surface area contributed by atoms with Gasteiger partial charge in [-0.25, -0.2) is 13.1 Å². The molecule has 0 radical (unpaired) electrons. The summed E-state index contributed by atoms with van der Waals surface area (Å²) in [7, 11) is -3.50. The van der Waals surface area contributed by atoms with Crippen molar-refractivity contribution in [3.05, 3.63) is 60.2 Å². The monoisotopic (exact) mass is 333 g/mol. The van der Waals surface area contributed by atoms with Crippen LogP contribution in [-0.4, -0.2) is 21.1 Å². The Morgan fingerprint density at radius 2 is 1.70 bits per heavy atom. The number of hydrogen-bond acceptors (Lipinski definition) is 3. The minimum Gasteiger partial charge on any atom is -0.494 e. The van der Waals surface area contributed by atoms with Gasteiger partial charge in [0.2, 0.25) is 10.0 Å². The van der Waals surface area contributed by atoms with Crippen LogP contribution >= 0.6 is 0 Å². The Morgan fingerprint density at radius 1 is 1.04 bits per heavy atom. The summed E-state index contributed by atoms with van der Waals surface area (Å²) in [6, 6.07) is 16.4. The van der Waals surface area contributed by atoms with E-state index < -0.39 is 10.0 Å². The van der Waals surface area contributed by atoms with Crippen molar-refractivity contribution in [2.75, 3.05) is 6.61 Å². The number of ether oxygens (including phenoxy) is 1. The van der Waals surface area contributed by atoms with E-state index in [1.54, 1.807) is 24.3 Å². The van der Waals surface area contributed by atoms with E-state index in [1.165, 1.54) is 5.56 Å². The van der Waals surface area contributed by atoms with Gasteiger partial charge in [-0.1, -0.05) is 30.3 Å². The average molecular weight is 333 g/mol. The zero-order valence-corrected chi connectivity index (χ0v) is 14.3. The Bertz CT molecular complexity index is 697. The molecule has 0 fully saturated rings. The molecule has 0 spiro atoms. The smallest absolute Gasteiger partial charge is 0.240 e. The van der Waals surface area contributed by atoms with Gasteiger partial charge in [0, 0.05) is 6.04 Å². The van der Waals surface area contributed by atoms with Crippen molar-refractivity contribution in [2.24, 2.45) is 0 Å². The van der Waals surface area contributed by atoms with Crippen LogP contribution in [-0.2, 0) is 16.4 Å². The Kier molecular flexibility index (Phi) is 6.19. The molecule has 23 heavy (non-hydrogen) atoms. The van der Waals surface area contributed by atoms with Crippen LogP contribution in [0.5, 0.6) is 5.75 Å². The van der Waals surface area contributed by atoms with Crippen LogP contribution in [0.4, 0.5) is 0 Å². The number of benzene rings is 2. The number of nitrogens with one attached hydrogen (secondary N) is 1. The zero-order valence-electron chi connectivity index (χ0n) is 13.5. The molecule has 0 aliphatic rings. The molecule has 2 aromatic carbocycles. The molecule has 0 saturated carbocycles. The van der Waals surface area contributed by atoms with E-state index in [-0.39, 0.29) is 10.9 Å². The van der Waals surface area contributed by atoms with Gasteiger partial charge in [-0.3, -0.25) is 0 Å². The highest BCUT2D eigenvalue weighted by molar-refractivity contribution is 7.89. The summed E-state index contributed by atoms with van der Waals surface area (Å²) in [6.07, 6.45) is 1.59. The molecule has 2 aromatic rings. The molecule has 0 aromatic heterocycles. The number of hydrogen-bond donors (Lipinski definition) is 1. The predicted octanol–water partition coefficient (Wildman–Crippen LogP) is 3.38. The molecule has 2 rings (SSSR count). The minimum atomic E-state index is -3.50. The molecule has 0 aliphatic carbocycles. The summed E-state index contributed by atoms with van der Waals surface area (Å²) < 4.78 is 32.8. The van der Waals surface area contributed by atoms with Crippen LogP contribution < -0.4 is 9.46 Å². The van der Waals surface area contributed by atoms with Gasteiger partial charge < -0.3 is 4.74 Å². The summed E-state index contributed by atoms with van der Waals surface area (Å²) in [5, 5.41) is 0. The number of rotatable bonds is 8. The molecule has 0 heterocycles. The SMILES string of the molecule is CCOc1ccc(S(=O)(=O)N[C@@H](C)CCc2ccccc2)cc1. The van der Waals surface area contributed by atoms with Crippen LogP contribution in [0.1, 0.15) is 25.8 Å². The standard InChI is InChI=1S/C18H23NO3S/c1-3-22-17-11-13-18(14-12-17)23(20,21)19-15(2)9-10-16-7-5-4-6-8-16/h4-8,11-15,19H,3,9-10H2,1-2H3/t15-/m0/s1. The molecule has 0 amide bonds. The predicted molar refractivity (Wildman–Crippen MR) is 92.2 cm³/mol. The Hall–Kier alpha value is -1.85. The summed E-state index contributed by atoms with van der Waals surface area (Å²) in [4.78, 5) is 0.257. The second kappa shape index (κ2) is 8.13. The maximum absolute atomic E-state index is 12.4. The van der Waals surface area contributed by atoms with Gasteiger partial charge in [-0.2, -0.15) is 0 Å². The lowest BCUT2D eigenvalue weighted by atomic mass is 10.1. The lowest BCUT2D eigenvalue weighted by Crippen LogP contribution is -2.32. The molecule has 5 heteroatoms. The van der Waals surface area contributed by atoms with Gasteiger partial charge in [-0.15, -0.1) is 0 Å². The molecule has 0 saturated heterocycles. The van der Waals surface area contributed by atoms with Crippen LogP contribution in [0.2, 0.25) is 0 Å². The van der Waals surface area contributed by atoms with Gasteiger partial charge in [0.05, 0.1) is 11.5 Å². The first kappa shape index (κ1) is 17.5. The molecule has 124 valence electrons. The Morgan fingerprint density at radius 3 is 2.30 bits per heavy atom. The van der Waals surface area contributed by atoms with E-state index in [0.717, 1.165) is 12.8 Å². The van der Waals surface area contributed by atoms with Gasteiger partial charge in [0.25, 0.3) is 0 Å². The van der Waals surface area contributed by atoms with Crippen molar-refractivity contribution in [2.45, 2.75) is 37.6 Å². The first-order valence-corrected chi connectivity index (χ1v) is 9.28. The molecular weight excluding hydrogens is 310 g/mol. The van der Waals surface area contributed by atoms with Crippen molar-refractivity contribution in [3.63, 3.8) is 0 Å². The van der Waals surface area contributed by atoms with Gasteiger partial charge in [0.1, 0.15) is 5.75 Å². The summed E-state index contributed by atoms with van der Waals surface area (Å²) >= 11 is 0. The summed E-state index contributed by atoms with van der Waals surface area (Å²) in [5.41, 5.74) is 1.21. The topological polar surface area (TPSA) is 55.4 Å². The van der Waals surface area contributed by atoms with Gasteiger partial charge >= 0.3 is 0 Å². The van der Waals surface area contributed by atoms with Gasteiger partial charge in [0.15, 0.2) is 0 Å². The first-order valence-electron chi connectivity index (χ1n) is 7.80. The highest BCUT2D eigenvalue weighted by Gasteiger charge is 2.17. The zero-order chi connectivity index (χ0) is 16.7. The minimum absolute atomic E-state index is 0.133. The largest absolute Gasteiger partial charge is 0.494 e. The molecular formula is C18H23NO3S.